The molecule has 3 aromatic carbocycles. The first kappa shape index (κ1) is 13.8. The minimum absolute atomic E-state index is 0.990. The molecule has 2 nitrogen and oxygen atoms in total. The van der Waals surface area contributed by atoms with Gasteiger partial charge in [0, 0.05) is 5.56 Å². The van der Waals surface area contributed by atoms with Crippen LogP contribution in [-0.2, 0) is 0 Å². The number of benzene rings is 3. The van der Waals surface area contributed by atoms with E-state index in [9.17, 15) is 0 Å². The topological polar surface area (TPSA) is 17.8 Å². The van der Waals surface area contributed by atoms with E-state index in [0.717, 1.165) is 22.4 Å². The van der Waals surface area contributed by atoms with Gasteiger partial charge >= 0.3 is 0 Å². The monoisotopic (exact) mass is 298 g/mol. The van der Waals surface area contributed by atoms with Crippen LogP contribution in [-0.4, -0.2) is 9.55 Å². The van der Waals surface area contributed by atoms with E-state index in [1.54, 1.807) is 0 Å². The summed E-state index contributed by atoms with van der Waals surface area (Å²) in [7, 11) is 0. The SMILES string of the molecule is Cc1cccc(C)c1-n1c(-c2ccccc2)nc2ccccc21. The van der Waals surface area contributed by atoms with Crippen molar-refractivity contribution in [3.8, 4) is 17.1 Å². The third-order valence-electron chi connectivity index (χ3n) is 4.26. The number of nitrogens with zero attached hydrogens (tertiary/aromatic N) is 2. The van der Waals surface area contributed by atoms with E-state index in [1.165, 1.54) is 16.8 Å². The summed E-state index contributed by atoms with van der Waals surface area (Å²) in [6.45, 7) is 4.32. The zero-order valence-electron chi connectivity index (χ0n) is 13.3. The highest BCUT2D eigenvalue weighted by Gasteiger charge is 2.16. The molecule has 0 amide bonds. The van der Waals surface area contributed by atoms with E-state index in [4.69, 9.17) is 4.98 Å². The summed E-state index contributed by atoms with van der Waals surface area (Å²) in [6, 6.07) is 25.1. The Morgan fingerprint density at radius 1 is 0.696 bits per heavy atom. The van der Waals surface area contributed by atoms with Crippen molar-refractivity contribution >= 4 is 11.0 Å². The van der Waals surface area contributed by atoms with Crippen LogP contribution < -0.4 is 0 Å². The first-order valence-electron chi connectivity index (χ1n) is 7.85. The number of para-hydroxylation sites is 3. The molecule has 2 heteroatoms. The van der Waals surface area contributed by atoms with Gasteiger partial charge in [-0.2, -0.15) is 0 Å². The largest absolute Gasteiger partial charge is 0.292 e. The molecule has 0 bridgehead atoms. The maximum absolute atomic E-state index is 4.90. The van der Waals surface area contributed by atoms with E-state index in [-0.39, 0.29) is 0 Å². The minimum atomic E-state index is 0.990. The molecule has 0 aliphatic rings. The van der Waals surface area contributed by atoms with Gasteiger partial charge in [0.05, 0.1) is 16.7 Å². The molecule has 0 spiro atoms. The zero-order chi connectivity index (χ0) is 15.8. The summed E-state index contributed by atoms with van der Waals surface area (Å²) in [5.41, 5.74) is 7.03. The lowest BCUT2D eigenvalue weighted by molar-refractivity contribution is 1.06. The number of aryl methyl sites for hydroxylation is 2. The van der Waals surface area contributed by atoms with Crippen LogP contribution in [0.3, 0.4) is 0 Å². The summed E-state index contributed by atoms with van der Waals surface area (Å²) in [4.78, 5) is 4.90. The second kappa shape index (κ2) is 5.40. The number of imidazole rings is 1. The van der Waals surface area contributed by atoms with Crippen LogP contribution in [0.5, 0.6) is 0 Å². The van der Waals surface area contributed by atoms with Gasteiger partial charge in [0.2, 0.25) is 0 Å². The molecule has 0 saturated carbocycles. The number of aromatic nitrogens is 2. The van der Waals surface area contributed by atoms with Crippen molar-refractivity contribution in [3.63, 3.8) is 0 Å². The van der Waals surface area contributed by atoms with Crippen molar-refractivity contribution < 1.29 is 0 Å². The maximum Gasteiger partial charge on any atom is 0.145 e. The lowest BCUT2D eigenvalue weighted by Crippen LogP contribution is -2.02. The van der Waals surface area contributed by atoms with Gasteiger partial charge in [-0.15, -0.1) is 0 Å². The van der Waals surface area contributed by atoms with Crippen LogP contribution in [0.15, 0.2) is 72.8 Å². The van der Waals surface area contributed by atoms with E-state index < -0.39 is 0 Å². The molecule has 112 valence electrons. The molecule has 4 rings (SSSR count). The Kier molecular flexibility index (Phi) is 3.23. The molecule has 0 saturated heterocycles. The van der Waals surface area contributed by atoms with E-state index >= 15 is 0 Å². The molecule has 1 aromatic heterocycles. The highest BCUT2D eigenvalue weighted by Crippen LogP contribution is 2.31. The first-order chi connectivity index (χ1) is 11.3. The molecular weight excluding hydrogens is 280 g/mol. The Labute approximate surface area is 136 Å². The average molecular weight is 298 g/mol. The highest BCUT2D eigenvalue weighted by atomic mass is 15.1. The average Bonchev–Trinajstić information content (AvgIpc) is 2.95. The maximum atomic E-state index is 4.90. The van der Waals surface area contributed by atoms with Crippen molar-refractivity contribution in [2.24, 2.45) is 0 Å². The lowest BCUT2D eigenvalue weighted by Gasteiger charge is -2.15. The molecule has 0 N–H and O–H groups in total. The quantitative estimate of drug-likeness (QED) is 0.490. The second-order valence-corrected chi connectivity index (χ2v) is 5.87. The van der Waals surface area contributed by atoms with Crippen molar-refractivity contribution in [1.82, 2.24) is 9.55 Å². The molecule has 1 heterocycles. The van der Waals surface area contributed by atoms with E-state index in [1.807, 2.05) is 12.1 Å². The van der Waals surface area contributed by atoms with Crippen molar-refractivity contribution in [1.29, 1.82) is 0 Å². The number of hydrogen-bond acceptors (Lipinski definition) is 1. The van der Waals surface area contributed by atoms with Crippen molar-refractivity contribution in [2.45, 2.75) is 13.8 Å². The Morgan fingerprint density at radius 2 is 1.35 bits per heavy atom. The fraction of sp³-hybridized carbons (Fsp3) is 0.0952. The van der Waals surface area contributed by atoms with Gasteiger partial charge in [0.25, 0.3) is 0 Å². The smallest absolute Gasteiger partial charge is 0.145 e. The van der Waals surface area contributed by atoms with Crippen LogP contribution in [0.2, 0.25) is 0 Å². The Balaban J connectivity index is 2.13. The fourth-order valence-corrected chi connectivity index (χ4v) is 3.19. The van der Waals surface area contributed by atoms with Gasteiger partial charge in [-0.3, -0.25) is 4.57 Å². The molecule has 0 radical (unpaired) electrons. The Morgan fingerprint density at radius 3 is 2.09 bits per heavy atom. The molecular formula is C21H18N2. The molecule has 0 aliphatic carbocycles. The fourth-order valence-electron chi connectivity index (χ4n) is 3.19. The standard InChI is InChI=1S/C21H18N2/c1-15-9-8-10-16(2)20(15)23-19-14-7-6-13-18(19)22-21(23)17-11-4-3-5-12-17/h3-14H,1-2H3. The van der Waals surface area contributed by atoms with Gasteiger partial charge < -0.3 is 0 Å². The van der Waals surface area contributed by atoms with Crippen LogP contribution in [0.4, 0.5) is 0 Å². The third kappa shape index (κ3) is 2.23. The van der Waals surface area contributed by atoms with Gasteiger partial charge in [0.15, 0.2) is 0 Å². The summed E-state index contributed by atoms with van der Waals surface area (Å²) < 4.78 is 2.29. The number of hydrogen-bond donors (Lipinski definition) is 0. The van der Waals surface area contributed by atoms with Crippen molar-refractivity contribution in [2.75, 3.05) is 0 Å². The molecule has 0 unspecified atom stereocenters. The van der Waals surface area contributed by atoms with Gasteiger partial charge in [0.1, 0.15) is 5.82 Å². The van der Waals surface area contributed by atoms with E-state index in [0.29, 0.717) is 0 Å². The Hall–Kier alpha value is -2.87. The molecule has 0 aliphatic heterocycles. The molecule has 4 aromatic rings. The molecule has 0 fully saturated rings. The van der Waals surface area contributed by atoms with Crippen molar-refractivity contribution in [3.05, 3.63) is 83.9 Å². The first-order valence-corrected chi connectivity index (χ1v) is 7.85. The summed E-state index contributed by atoms with van der Waals surface area (Å²) in [5, 5.41) is 0. The van der Waals surface area contributed by atoms with Crippen LogP contribution in [0.1, 0.15) is 11.1 Å². The van der Waals surface area contributed by atoms with Gasteiger partial charge in [-0.05, 0) is 37.1 Å². The zero-order valence-corrected chi connectivity index (χ0v) is 13.3. The third-order valence-corrected chi connectivity index (χ3v) is 4.26. The predicted molar refractivity (Wildman–Crippen MR) is 96.0 cm³/mol. The van der Waals surface area contributed by atoms with Crippen LogP contribution in [0, 0.1) is 13.8 Å². The van der Waals surface area contributed by atoms with Gasteiger partial charge in [-0.25, -0.2) is 4.98 Å². The highest BCUT2D eigenvalue weighted by molar-refractivity contribution is 5.84. The van der Waals surface area contributed by atoms with Crippen LogP contribution >= 0.6 is 0 Å². The number of fused-ring (bicyclic) bond motifs is 1. The molecule has 0 atom stereocenters. The van der Waals surface area contributed by atoms with Gasteiger partial charge in [-0.1, -0.05) is 60.7 Å². The second-order valence-electron chi connectivity index (χ2n) is 5.87. The number of rotatable bonds is 2. The summed E-state index contributed by atoms with van der Waals surface area (Å²) >= 11 is 0. The minimum Gasteiger partial charge on any atom is -0.292 e. The summed E-state index contributed by atoms with van der Waals surface area (Å²) in [6.07, 6.45) is 0. The lowest BCUT2D eigenvalue weighted by atomic mass is 10.1. The Bertz CT molecular complexity index is 961. The predicted octanol–water partition coefficient (Wildman–Crippen LogP) is 5.31. The normalized spacial score (nSPS) is 11.0. The van der Waals surface area contributed by atoms with Crippen LogP contribution in [0.25, 0.3) is 28.1 Å². The summed E-state index contributed by atoms with van der Waals surface area (Å²) in [5.74, 6) is 0.990. The van der Waals surface area contributed by atoms with E-state index in [2.05, 4.69) is 79.1 Å². The molecule has 23 heavy (non-hydrogen) atoms.